The average molecular weight is 563 g/mol. The Labute approximate surface area is 237 Å². The number of hydrogen-bond donors (Lipinski definition) is 2. The summed E-state index contributed by atoms with van der Waals surface area (Å²) in [6.07, 6.45) is 5.62. The summed E-state index contributed by atoms with van der Waals surface area (Å²) in [5.41, 5.74) is 2.18. The zero-order chi connectivity index (χ0) is 28.5. The van der Waals surface area contributed by atoms with Crippen molar-refractivity contribution in [2.45, 2.75) is 31.8 Å². The maximum Gasteiger partial charge on any atom is 0.244 e. The molecule has 0 saturated carbocycles. The van der Waals surface area contributed by atoms with E-state index in [9.17, 15) is 18.0 Å². The van der Waals surface area contributed by atoms with E-state index >= 15 is 0 Å². The van der Waals surface area contributed by atoms with E-state index in [1.165, 1.54) is 26.7 Å². The number of hydrogen-bond acceptors (Lipinski definition) is 5. The number of fused-ring (bicyclic) bond motifs is 1. The standard InChI is InChI=1S/C31H38N4O4S/c1-24(28-14-8-12-26-11-6-7-13-29(26)28)34-21-17-27(18-22-34)35(40(2,38)39)23-31(37)33-20-19-32-30(36)16-15-25-9-4-3-5-10-25/h3-16,24,27H,17-23H2,1-2H3,(H,32,36)(H,33,37)/t24-/m1/s1. The second kappa shape index (κ2) is 13.7. The van der Waals surface area contributed by atoms with Crippen LogP contribution in [0.3, 0.4) is 0 Å². The predicted molar refractivity (Wildman–Crippen MR) is 160 cm³/mol. The van der Waals surface area contributed by atoms with Gasteiger partial charge in [-0.2, -0.15) is 4.31 Å². The summed E-state index contributed by atoms with van der Waals surface area (Å²) in [4.78, 5) is 27.0. The van der Waals surface area contributed by atoms with Crippen LogP contribution in [0.15, 0.2) is 78.9 Å². The van der Waals surface area contributed by atoms with E-state index in [1.807, 2.05) is 36.4 Å². The van der Waals surface area contributed by atoms with Crippen LogP contribution in [0.5, 0.6) is 0 Å². The summed E-state index contributed by atoms with van der Waals surface area (Å²) in [6, 6.07) is 24.1. The molecule has 1 atom stereocenters. The van der Waals surface area contributed by atoms with E-state index in [1.54, 1.807) is 6.08 Å². The minimum absolute atomic E-state index is 0.194. The normalized spacial score (nSPS) is 15.9. The molecule has 0 spiro atoms. The van der Waals surface area contributed by atoms with Gasteiger partial charge in [0.05, 0.1) is 12.8 Å². The molecule has 0 aromatic heterocycles. The summed E-state index contributed by atoms with van der Waals surface area (Å²) >= 11 is 0. The zero-order valence-corrected chi connectivity index (χ0v) is 23.9. The number of nitrogens with zero attached hydrogens (tertiary/aromatic N) is 2. The first kappa shape index (κ1) is 29.5. The molecule has 1 heterocycles. The molecule has 1 aliphatic rings. The largest absolute Gasteiger partial charge is 0.353 e. The Kier molecular flexibility index (Phi) is 10.1. The summed E-state index contributed by atoms with van der Waals surface area (Å²) in [7, 11) is -3.58. The molecule has 4 rings (SSSR count). The van der Waals surface area contributed by atoms with E-state index in [0.29, 0.717) is 12.8 Å². The SMILES string of the molecule is C[C@H](c1cccc2ccccc12)N1CCC(N(CC(=O)NCCNC(=O)C=Cc2ccccc2)S(C)(=O)=O)CC1. The number of carbonyl (C=O) groups is 2. The molecule has 40 heavy (non-hydrogen) atoms. The predicted octanol–water partition coefficient (Wildman–Crippen LogP) is 3.57. The molecule has 0 aliphatic carbocycles. The molecule has 1 saturated heterocycles. The van der Waals surface area contributed by atoms with E-state index < -0.39 is 10.0 Å². The lowest BCUT2D eigenvalue weighted by Gasteiger charge is -2.39. The highest BCUT2D eigenvalue weighted by atomic mass is 32.2. The Balaban J connectivity index is 1.25. The smallest absolute Gasteiger partial charge is 0.244 e. The first-order valence-electron chi connectivity index (χ1n) is 13.7. The second-order valence-corrected chi connectivity index (χ2v) is 12.1. The number of likely N-dealkylation sites (tertiary alicyclic amines) is 1. The molecule has 0 radical (unpaired) electrons. The highest BCUT2D eigenvalue weighted by molar-refractivity contribution is 7.88. The first-order chi connectivity index (χ1) is 19.2. The Bertz CT molecular complexity index is 1430. The molecule has 1 fully saturated rings. The van der Waals surface area contributed by atoms with Crippen LogP contribution in [0.1, 0.15) is 36.9 Å². The van der Waals surface area contributed by atoms with E-state index in [4.69, 9.17) is 0 Å². The van der Waals surface area contributed by atoms with Gasteiger partial charge in [-0.25, -0.2) is 8.42 Å². The van der Waals surface area contributed by atoms with Crippen molar-refractivity contribution in [3.05, 3.63) is 90.0 Å². The molecule has 212 valence electrons. The lowest BCUT2D eigenvalue weighted by molar-refractivity contribution is -0.122. The molecule has 2 N–H and O–H groups in total. The fraction of sp³-hybridized carbons (Fsp3) is 0.355. The van der Waals surface area contributed by atoms with Gasteiger partial charge in [-0.15, -0.1) is 0 Å². The van der Waals surface area contributed by atoms with E-state index in [-0.39, 0.29) is 43.5 Å². The average Bonchev–Trinajstić information content (AvgIpc) is 2.96. The third-order valence-electron chi connectivity index (χ3n) is 7.43. The lowest BCUT2D eigenvalue weighted by atomic mass is 9.96. The van der Waals surface area contributed by atoms with Crippen LogP contribution in [0, 0.1) is 0 Å². The highest BCUT2D eigenvalue weighted by Gasteiger charge is 2.33. The monoisotopic (exact) mass is 562 g/mol. The van der Waals surface area contributed by atoms with Gasteiger partial charge in [0, 0.05) is 44.3 Å². The number of piperidine rings is 1. The first-order valence-corrected chi connectivity index (χ1v) is 15.5. The fourth-order valence-corrected chi connectivity index (χ4v) is 6.37. The molecule has 9 heteroatoms. The number of nitrogens with one attached hydrogen (secondary N) is 2. The van der Waals surface area contributed by atoms with Crippen LogP contribution in [0.25, 0.3) is 16.8 Å². The van der Waals surface area contributed by atoms with Crippen molar-refractivity contribution in [2.24, 2.45) is 0 Å². The van der Waals surface area contributed by atoms with Crippen molar-refractivity contribution in [2.75, 3.05) is 39.0 Å². The van der Waals surface area contributed by atoms with Gasteiger partial charge in [0.1, 0.15) is 0 Å². The van der Waals surface area contributed by atoms with Gasteiger partial charge in [-0.3, -0.25) is 14.5 Å². The zero-order valence-electron chi connectivity index (χ0n) is 23.1. The Morgan fingerprint density at radius 1 is 0.950 bits per heavy atom. The Morgan fingerprint density at radius 3 is 2.33 bits per heavy atom. The van der Waals surface area contributed by atoms with Crippen molar-refractivity contribution in [1.82, 2.24) is 19.8 Å². The Morgan fingerprint density at radius 2 is 1.60 bits per heavy atom. The van der Waals surface area contributed by atoms with Crippen LogP contribution in [0.2, 0.25) is 0 Å². The van der Waals surface area contributed by atoms with Gasteiger partial charge in [-0.1, -0.05) is 72.8 Å². The number of benzene rings is 3. The van der Waals surface area contributed by atoms with Crippen molar-refractivity contribution < 1.29 is 18.0 Å². The highest BCUT2D eigenvalue weighted by Crippen LogP contribution is 2.31. The van der Waals surface area contributed by atoms with Gasteiger partial charge in [-0.05, 0) is 47.7 Å². The minimum Gasteiger partial charge on any atom is -0.353 e. The van der Waals surface area contributed by atoms with Gasteiger partial charge >= 0.3 is 0 Å². The van der Waals surface area contributed by atoms with Gasteiger partial charge in [0.15, 0.2) is 0 Å². The fourth-order valence-electron chi connectivity index (χ4n) is 5.27. The van der Waals surface area contributed by atoms with Crippen molar-refractivity contribution in [3.8, 4) is 0 Å². The maximum atomic E-state index is 12.6. The molecule has 3 aromatic rings. The Hall–Kier alpha value is -3.53. The molecule has 8 nitrogen and oxygen atoms in total. The van der Waals surface area contributed by atoms with Gasteiger partial charge < -0.3 is 10.6 Å². The molecular weight excluding hydrogens is 524 g/mol. The van der Waals surface area contributed by atoms with Crippen LogP contribution in [-0.2, 0) is 19.6 Å². The number of sulfonamides is 1. The van der Waals surface area contributed by atoms with E-state index in [0.717, 1.165) is 24.9 Å². The molecule has 3 aromatic carbocycles. The third kappa shape index (κ3) is 8.00. The quantitative estimate of drug-likeness (QED) is 0.275. The molecule has 2 amide bonds. The summed E-state index contributed by atoms with van der Waals surface area (Å²) < 4.78 is 26.6. The van der Waals surface area contributed by atoms with Gasteiger partial charge in [0.2, 0.25) is 21.8 Å². The molecular formula is C31H38N4O4S. The second-order valence-electron chi connectivity index (χ2n) is 10.2. The van der Waals surface area contributed by atoms with Crippen molar-refractivity contribution >= 4 is 38.7 Å². The topological polar surface area (TPSA) is 98.8 Å². The summed E-state index contributed by atoms with van der Waals surface area (Å²) in [5.74, 6) is -0.647. The molecule has 0 bridgehead atoms. The van der Waals surface area contributed by atoms with Crippen LogP contribution >= 0.6 is 0 Å². The number of rotatable bonds is 11. The number of amides is 2. The van der Waals surface area contributed by atoms with Crippen LogP contribution < -0.4 is 10.6 Å². The van der Waals surface area contributed by atoms with Crippen molar-refractivity contribution in [3.63, 3.8) is 0 Å². The molecule has 1 aliphatic heterocycles. The van der Waals surface area contributed by atoms with Gasteiger partial charge in [0.25, 0.3) is 0 Å². The third-order valence-corrected chi connectivity index (χ3v) is 8.71. The lowest BCUT2D eigenvalue weighted by Crippen LogP contribution is -2.51. The van der Waals surface area contributed by atoms with Crippen LogP contribution in [-0.4, -0.2) is 74.5 Å². The maximum absolute atomic E-state index is 12.6. The van der Waals surface area contributed by atoms with E-state index in [2.05, 4.69) is 58.9 Å². The molecule has 0 unspecified atom stereocenters. The summed E-state index contributed by atoms with van der Waals surface area (Å²) in [5, 5.41) is 7.88. The van der Waals surface area contributed by atoms with Crippen molar-refractivity contribution in [1.29, 1.82) is 0 Å². The summed E-state index contributed by atoms with van der Waals surface area (Å²) in [6.45, 7) is 3.90. The van der Waals surface area contributed by atoms with Crippen LogP contribution in [0.4, 0.5) is 0 Å². The minimum atomic E-state index is -3.58. The number of carbonyl (C=O) groups excluding carboxylic acids is 2.